The number of amides is 1. The predicted octanol–water partition coefficient (Wildman–Crippen LogP) is 2.95. The Kier molecular flexibility index (Phi) is 6.61. The van der Waals surface area contributed by atoms with Crippen LogP contribution in [0.5, 0.6) is 0 Å². The Morgan fingerprint density at radius 3 is 2.79 bits per heavy atom. The third-order valence-corrected chi connectivity index (χ3v) is 7.43. The molecule has 5 rings (SSSR count). The maximum Gasteiger partial charge on any atom is 0.238 e. The lowest BCUT2D eigenvalue weighted by Crippen LogP contribution is -2.50. The molecule has 3 aliphatic rings. The number of nitrogens with zero attached hydrogens (tertiary/aromatic N) is 3. The molecule has 3 unspecified atom stereocenters. The Morgan fingerprint density at radius 2 is 2.09 bits per heavy atom. The van der Waals surface area contributed by atoms with Crippen LogP contribution in [0.3, 0.4) is 0 Å². The second-order valence-electron chi connectivity index (χ2n) is 9.72. The van der Waals surface area contributed by atoms with Gasteiger partial charge in [-0.15, -0.1) is 0 Å². The summed E-state index contributed by atoms with van der Waals surface area (Å²) in [4.78, 5) is 12.6. The van der Waals surface area contributed by atoms with Crippen LogP contribution >= 0.6 is 0 Å². The molecule has 1 aliphatic carbocycles. The van der Waals surface area contributed by atoms with Gasteiger partial charge in [0.25, 0.3) is 0 Å². The highest BCUT2D eigenvalue weighted by Crippen LogP contribution is 2.35. The van der Waals surface area contributed by atoms with Crippen molar-refractivity contribution in [1.29, 1.82) is 5.26 Å². The maximum atomic E-state index is 15.0. The van der Waals surface area contributed by atoms with Crippen molar-refractivity contribution in [3.63, 3.8) is 0 Å². The van der Waals surface area contributed by atoms with E-state index in [9.17, 15) is 18.8 Å². The third-order valence-electron chi connectivity index (χ3n) is 7.43. The van der Waals surface area contributed by atoms with Gasteiger partial charge < -0.3 is 15.4 Å². The average Bonchev–Trinajstić information content (AvgIpc) is 3.60. The third kappa shape index (κ3) is 4.70. The first-order chi connectivity index (χ1) is 16.5. The van der Waals surface area contributed by atoms with Gasteiger partial charge in [0, 0.05) is 49.5 Å². The topological polar surface area (TPSA) is 92.0 Å². The van der Waals surface area contributed by atoms with Gasteiger partial charge >= 0.3 is 0 Å². The minimum atomic E-state index is -0.998. The molecular formula is C25H29F2N5O2. The summed E-state index contributed by atoms with van der Waals surface area (Å²) in [5.74, 6) is -1.47. The highest BCUT2D eigenvalue weighted by molar-refractivity contribution is 5.83. The molecule has 7 nitrogen and oxygen atoms in total. The van der Waals surface area contributed by atoms with Crippen LogP contribution < -0.4 is 10.6 Å². The van der Waals surface area contributed by atoms with Crippen LogP contribution in [0.2, 0.25) is 0 Å². The molecule has 34 heavy (non-hydrogen) atoms. The Bertz CT molecular complexity index is 1090. The van der Waals surface area contributed by atoms with E-state index in [0.29, 0.717) is 24.1 Å². The zero-order chi connectivity index (χ0) is 23.7. The van der Waals surface area contributed by atoms with Crippen molar-refractivity contribution >= 4 is 5.91 Å². The Hall–Kier alpha value is -2.83. The van der Waals surface area contributed by atoms with Gasteiger partial charge in [-0.2, -0.15) is 10.4 Å². The molecule has 3 heterocycles. The van der Waals surface area contributed by atoms with E-state index in [-0.39, 0.29) is 35.4 Å². The number of rotatable bonds is 7. The molecule has 2 aliphatic heterocycles. The lowest BCUT2D eigenvalue weighted by atomic mass is 9.98. The van der Waals surface area contributed by atoms with Crippen LogP contribution in [-0.4, -0.2) is 47.0 Å². The fourth-order valence-electron chi connectivity index (χ4n) is 5.53. The minimum absolute atomic E-state index is 0.0589. The number of hydrogen-bond acceptors (Lipinski definition) is 5. The molecule has 4 atom stereocenters. The zero-order valence-electron chi connectivity index (χ0n) is 19.0. The second kappa shape index (κ2) is 9.80. The van der Waals surface area contributed by atoms with Crippen molar-refractivity contribution in [3.05, 3.63) is 41.7 Å². The predicted molar refractivity (Wildman–Crippen MR) is 120 cm³/mol. The summed E-state index contributed by atoms with van der Waals surface area (Å²) in [6.07, 6.45) is 8.13. The summed E-state index contributed by atoms with van der Waals surface area (Å²) in [5, 5.41) is 19.8. The monoisotopic (exact) mass is 469 g/mol. The normalized spacial score (nSPS) is 25.3. The highest BCUT2D eigenvalue weighted by atomic mass is 19.2. The summed E-state index contributed by atoms with van der Waals surface area (Å²) in [7, 11) is 0. The first-order valence-corrected chi connectivity index (χ1v) is 12.0. The van der Waals surface area contributed by atoms with E-state index in [0.717, 1.165) is 45.3 Å². The van der Waals surface area contributed by atoms with Gasteiger partial charge in [-0.1, -0.05) is 12.1 Å². The van der Waals surface area contributed by atoms with Crippen molar-refractivity contribution < 1.29 is 18.3 Å². The number of piperidine rings is 1. The van der Waals surface area contributed by atoms with E-state index in [1.807, 2.05) is 6.07 Å². The van der Waals surface area contributed by atoms with Gasteiger partial charge in [-0.25, -0.2) is 8.78 Å². The van der Waals surface area contributed by atoms with Gasteiger partial charge in [0.2, 0.25) is 5.91 Å². The number of halogens is 2. The fraction of sp³-hybridized carbons (Fsp3) is 0.560. The van der Waals surface area contributed by atoms with E-state index in [1.165, 1.54) is 18.3 Å². The molecule has 2 N–H and O–H groups in total. The Labute approximate surface area is 197 Å². The van der Waals surface area contributed by atoms with Gasteiger partial charge in [-0.05, 0) is 49.5 Å². The largest absolute Gasteiger partial charge is 0.381 e. The Balaban J connectivity index is 1.24. The molecule has 9 heteroatoms. The highest BCUT2D eigenvalue weighted by Gasteiger charge is 2.43. The number of ether oxygens (including phenoxy) is 1. The number of aromatic nitrogens is 2. The van der Waals surface area contributed by atoms with E-state index in [2.05, 4.69) is 15.7 Å². The summed E-state index contributed by atoms with van der Waals surface area (Å²) < 4.78 is 37.0. The molecule has 180 valence electrons. The average molecular weight is 470 g/mol. The number of fused-ring (bicyclic) bond motifs is 2. The molecular weight excluding hydrogens is 440 g/mol. The van der Waals surface area contributed by atoms with Gasteiger partial charge in [-0.3, -0.25) is 9.48 Å². The molecule has 0 radical (unpaired) electrons. The molecule has 2 bridgehead atoms. The molecule has 1 aromatic carbocycles. The lowest BCUT2D eigenvalue weighted by molar-refractivity contribution is -0.124. The molecule has 0 spiro atoms. The Morgan fingerprint density at radius 1 is 1.26 bits per heavy atom. The van der Waals surface area contributed by atoms with Crippen LogP contribution in [0.4, 0.5) is 8.78 Å². The smallest absolute Gasteiger partial charge is 0.238 e. The summed E-state index contributed by atoms with van der Waals surface area (Å²) >= 11 is 0. The second-order valence-corrected chi connectivity index (χ2v) is 9.72. The number of nitrogens with one attached hydrogen (secondary N) is 2. The van der Waals surface area contributed by atoms with Crippen molar-refractivity contribution in [2.45, 2.75) is 63.2 Å². The van der Waals surface area contributed by atoms with E-state index in [1.54, 1.807) is 10.9 Å². The molecule has 1 saturated carbocycles. The van der Waals surface area contributed by atoms with Crippen LogP contribution in [-0.2, 0) is 22.5 Å². The van der Waals surface area contributed by atoms with Crippen LogP contribution in [0, 0.1) is 34.8 Å². The van der Waals surface area contributed by atoms with Crippen molar-refractivity contribution in [2.75, 3.05) is 13.2 Å². The van der Waals surface area contributed by atoms with Crippen molar-refractivity contribution in [3.8, 4) is 17.2 Å². The number of hydrogen-bond donors (Lipinski definition) is 2. The van der Waals surface area contributed by atoms with Gasteiger partial charge in [0.1, 0.15) is 6.04 Å². The zero-order valence-corrected chi connectivity index (χ0v) is 19.0. The summed E-state index contributed by atoms with van der Waals surface area (Å²) in [6, 6.07) is 4.12. The molecule has 2 aromatic rings. The molecule has 3 fully saturated rings. The van der Waals surface area contributed by atoms with E-state index in [4.69, 9.17) is 4.74 Å². The van der Waals surface area contributed by atoms with Crippen molar-refractivity contribution in [1.82, 2.24) is 20.4 Å². The first kappa shape index (κ1) is 22.9. The SMILES string of the molecule is N#C[C@H](Cc1ccc(-c2cnn(CC3CCOCC3)c2)c(F)c1F)NC(=O)C1NC2CCC1C2. The number of carbonyl (C=O) groups excluding carboxylic acids is 1. The molecule has 1 aromatic heterocycles. The number of benzene rings is 1. The van der Waals surface area contributed by atoms with Crippen LogP contribution in [0.1, 0.15) is 37.7 Å². The van der Waals surface area contributed by atoms with Crippen LogP contribution in [0.15, 0.2) is 24.5 Å². The van der Waals surface area contributed by atoms with Gasteiger partial charge in [0.15, 0.2) is 11.6 Å². The lowest BCUT2D eigenvalue weighted by Gasteiger charge is -2.23. The molecule has 1 amide bonds. The van der Waals surface area contributed by atoms with Gasteiger partial charge in [0.05, 0.1) is 18.3 Å². The van der Waals surface area contributed by atoms with Crippen molar-refractivity contribution in [2.24, 2.45) is 11.8 Å². The van der Waals surface area contributed by atoms with Crippen LogP contribution in [0.25, 0.3) is 11.1 Å². The summed E-state index contributed by atoms with van der Waals surface area (Å²) in [6.45, 7) is 2.19. The molecule has 2 saturated heterocycles. The number of carbonyl (C=O) groups is 1. The maximum absolute atomic E-state index is 15.0. The fourth-order valence-corrected chi connectivity index (χ4v) is 5.53. The minimum Gasteiger partial charge on any atom is -0.381 e. The standard InChI is InChI=1S/C25H29F2N5O2/c26-22-16(9-20(11-28)31-25(33)24-17-1-3-19(10-17)30-24)2-4-21(23(22)27)18-12-29-32(14-18)13-15-5-7-34-8-6-15/h2,4,12,14-15,17,19-20,24,30H,1,3,5-10,13H2,(H,31,33)/t17?,19?,20-,24?/m0/s1. The van der Waals surface area contributed by atoms with E-state index >= 15 is 0 Å². The summed E-state index contributed by atoms with van der Waals surface area (Å²) in [5.41, 5.74) is 0.689. The van der Waals surface area contributed by atoms with E-state index < -0.39 is 17.7 Å². The first-order valence-electron chi connectivity index (χ1n) is 12.0. The quantitative estimate of drug-likeness (QED) is 0.651. The number of nitriles is 1.